The molecule has 0 atom stereocenters. The SMILES string of the molecule is Nc1cccc(-c2csc3cnc(Cc4ccc(N5CCOCC5)cc4)nc23)c1. The first-order valence-electron chi connectivity index (χ1n) is 9.77. The van der Waals surface area contributed by atoms with Crippen molar-refractivity contribution in [3.8, 4) is 11.1 Å². The first kappa shape index (κ1) is 18.1. The van der Waals surface area contributed by atoms with Crippen molar-refractivity contribution in [2.24, 2.45) is 0 Å². The lowest BCUT2D eigenvalue weighted by molar-refractivity contribution is 0.122. The van der Waals surface area contributed by atoms with E-state index in [-0.39, 0.29) is 0 Å². The van der Waals surface area contributed by atoms with Crippen molar-refractivity contribution >= 4 is 32.9 Å². The van der Waals surface area contributed by atoms with Gasteiger partial charge in [-0.1, -0.05) is 24.3 Å². The van der Waals surface area contributed by atoms with Gasteiger partial charge in [-0.2, -0.15) is 0 Å². The number of aromatic nitrogens is 2. The number of benzene rings is 2. The molecule has 0 saturated carbocycles. The molecule has 0 spiro atoms. The maximum absolute atomic E-state index is 5.97. The van der Waals surface area contributed by atoms with Gasteiger partial charge < -0.3 is 15.4 Å². The molecule has 146 valence electrons. The van der Waals surface area contributed by atoms with Crippen LogP contribution in [0, 0.1) is 0 Å². The fourth-order valence-electron chi connectivity index (χ4n) is 3.69. The van der Waals surface area contributed by atoms with E-state index in [9.17, 15) is 0 Å². The number of thiophene rings is 1. The van der Waals surface area contributed by atoms with Crippen molar-refractivity contribution < 1.29 is 4.74 Å². The first-order chi connectivity index (χ1) is 14.3. The van der Waals surface area contributed by atoms with Crippen molar-refractivity contribution in [2.45, 2.75) is 6.42 Å². The number of nitrogens with zero attached hydrogens (tertiary/aromatic N) is 3. The molecule has 2 N–H and O–H groups in total. The van der Waals surface area contributed by atoms with Gasteiger partial charge in [0, 0.05) is 48.0 Å². The highest BCUT2D eigenvalue weighted by Gasteiger charge is 2.12. The summed E-state index contributed by atoms with van der Waals surface area (Å²) in [5.41, 5.74) is 12.4. The lowest BCUT2D eigenvalue weighted by Gasteiger charge is -2.28. The Hall–Kier alpha value is -2.96. The Bertz CT molecular complexity index is 1130. The molecule has 0 amide bonds. The monoisotopic (exact) mass is 402 g/mol. The minimum absolute atomic E-state index is 0.714. The van der Waals surface area contributed by atoms with Crippen LogP contribution in [-0.2, 0) is 11.2 Å². The molecule has 2 aromatic heterocycles. The third-order valence-electron chi connectivity index (χ3n) is 5.24. The predicted octanol–water partition coefficient (Wildman–Crippen LogP) is 4.37. The molecule has 1 saturated heterocycles. The van der Waals surface area contributed by atoms with Gasteiger partial charge in [0.15, 0.2) is 0 Å². The predicted molar refractivity (Wildman–Crippen MR) is 120 cm³/mol. The second-order valence-corrected chi connectivity index (χ2v) is 8.13. The summed E-state index contributed by atoms with van der Waals surface area (Å²) in [6, 6.07) is 16.7. The fourth-order valence-corrected chi connectivity index (χ4v) is 4.56. The van der Waals surface area contributed by atoms with Crippen molar-refractivity contribution in [1.29, 1.82) is 0 Å². The van der Waals surface area contributed by atoms with Crippen LogP contribution in [0.15, 0.2) is 60.1 Å². The second-order valence-electron chi connectivity index (χ2n) is 7.22. The lowest BCUT2D eigenvalue weighted by atomic mass is 10.1. The summed E-state index contributed by atoms with van der Waals surface area (Å²) in [7, 11) is 0. The maximum atomic E-state index is 5.97. The number of anilines is 2. The molecule has 1 aliphatic heterocycles. The molecule has 2 aromatic carbocycles. The lowest BCUT2D eigenvalue weighted by Crippen LogP contribution is -2.36. The van der Waals surface area contributed by atoms with Crippen LogP contribution >= 0.6 is 11.3 Å². The Morgan fingerprint density at radius 1 is 1.07 bits per heavy atom. The van der Waals surface area contributed by atoms with Gasteiger partial charge in [0.1, 0.15) is 5.82 Å². The van der Waals surface area contributed by atoms with Crippen molar-refractivity contribution in [3.05, 3.63) is 71.5 Å². The van der Waals surface area contributed by atoms with Crippen molar-refractivity contribution in [1.82, 2.24) is 9.97 Å². The molecule has 0 unspecified atom stereocenters. The van der Waals surface area contributed by atoms with Crippen LogP contribution in [0.4, 0.5) is 11.4 Å². The summed E-state index contributed by atoms with van der Waals surface area (Å²) >= 11 is 1.67. The molecule has 5 nitrogen and oxygen atoms in total. The number of ether oxygens (including phenoxy) is 1. The van der Waals surface area contributed by atoms with Crippen LogP contribution in [-0.4, -0.2) is 36.3 Å². The van der Waals surface area contributed by atoms with Gasteiger partial charge in [-0.05, 0) is 35.4 Å². The normalized spacial score (nSPS) is 14.4. The summed E-state index contributed by atoms with van der Waals surface area (Å²) in [4.78, 5) is 11.8. The smallest absolute Gasteiger partial charge is 0.133 e. The average Bonchev–Trinajstić information content (AvgIpc) is 3.18. The Balaban J connectivity index is 1.40. The Kier molecular flexibility index (Phi) is 4.87. The van der Waals surface area contributed by atoms with E-state index in [0.717, 1.165) is 59.2 Å². The number of hydrogen-bond acceptors (Lipinski definition) is 6. The van der Waals surface area contributed by atoms with E-state index in [0.29, 0.717) is 6.42 Å². The van der Waals surface area contributed by atoms with E-state index in [2.05, 4.69) is 45.6 Å². The van der Waals surface area contributed by atoms with Gasteiger partial charge in [-0.3, -0.25) is 0 Å². The number of nitrogens with two attached hydrogens (primary N) is 1. The number of rotatable bonds is 4. The topological polar surface area (TPSA) is 64.3 Å². The molecule has 6 heteroatoms. The van der Waals surface area contributed by atoms with Gasteiger partial charge in [-0.25, -0.2) is 9.97 Å². The average molecular weight is 403 g/mol. The van der Waals surface area contributed by atoms with Crippen LogP contribution in [0.2, 0.25) is 0 Å². The van der Waals surface area contributed by atoms with Crippen LogP contribution < -0.4 is 10.6 Å². The summed E-state index contributed by atoms with van der Waals surface area (Å²) in [6.07, 6.45) is 2.64. The quantitative estimate of drug-likeness (QED) is 0.514. The number of morpholine rings is 1. The highest BCUT2D eigenvalue weighted by Crippen LogP contribution is 2.33. The van der Waals surface area contributed by atoms with E-state index in [1.165, 1.54) is 11.3 Å². The summed E-state index contributed by atoms with van der Waals surface area (Å²) in [5.74, 6) is 0.833. The molecular formula is C23H22N4OS. The largest absolute Gasteiger partial charge is 0.399 e. The number of fused-ring (bicyclic) bond motifs is 1. The highest BCUT2D eigenvalue weighted by atomic mass is 32.1. The first-order valence-corrected chi connectivity index (χ1v) is 10.6. The summed E-state index contributed by atoms with van der Waals surface area (Å²) in [6.45, 7) is 3.49. The Morgan fingerprint density at radius 2 is 1.90 bits per heavy atom. The zero-order valence-corrected chi connectivity index (χ0v) is 16.9. The number of hydrogen-bond donors (Lipinski definition) is 1. The molecule has 0 aliphatic carbocycles. The molecule has 1 fully saturated rings. The number of nitrogen functional groups attached to an aromatic ring is 1. The molecule has 0 radical (unpaired) electrons. The van der Waals surface area contributed by atoms with E-state index in [1.54, 1.807) is 11.3 Å². The van der Waals surface area contributed by atoms with E-state index in [1.807, 2.05) is 24.4 Å². The minimum Gasteiger partial charge on any atom is -0.399 e. The third kappa shape index (κ3) is 3.81. The standard InChI is InChI=1S/C23H22N4OS/c24-18-3-1-2-17(13-18)20-15-29-21-14-25-22(26-23(20)21)12-16-4-6-19(7-5-16)27-8-10-28-11-9-27/h1-7,13-15H,8-12,24H2. The van der Waals surface area contributed by atoms with Crippen LogP contribution in [0.5, 0.6) is 0 Å². The molecule has 29 heavy (non-hydrogen) atoms. The molecule has 1 aliphatic rings. The van der Waals surface area contributed by atoms with Crippen molar-refractivity contribution in [2.75, 3.05) is 36.9 Å². The molecule has 5 rings (SSSR count). The van der Waals surface area contributed by atoms with Crippen LogP contribution in [0.25, 0.3) is 21.3 Å². The molecule has 3 heterocycles. The van der Waals surface area contributed by atoms with Crippen LogP contribution in [0.1, 0.15) is 11.4 Å². The Labute approximate surface area is 173 Å². The van der Waals surface area contributed by atoms with Gasteiger partial charge in [0.05, 0.1) is 23.4 Å². The minimum atomic E-state index is 0.714. The Morgan fingerprint density at radius 3 is 2.69 bits per heavy atom. The summed E-state index contributed by atoms with van der Waals surface area (Å²) in [5, 5.41) is 2.13. The van der Waals surface area contributed by atoms with Crippen molar-refractivity contribution in [3.63, 3.8) is 0 Å². The second kappa shape index (κ2) is 7.81. The van der Waals surface area contributed by atoms with E-state index in [4.69, 9.17) is 15.5 Å². The van der Waals surface area contributed by atoms with Gasteiger partial charge in [-0.15, -0.1) is 11.3 Å². The fraction of sp³-hybridized carbons (Fsp3) is 0.217. The molecule has 0 bridgehead atoms. The zero-order chi connectivity index (χ0) is 19.6. The maximum Gasteiger partial charge on any atom is 0.133 e. The van der Waals surface area contributed by atoms with Gasteiger partial charge >= 0.3 is 0 Å². The van der Waals surface area contributed by atoms with Crippen LogP contribution in [0.3, 0.4) is 0 Å². The van der Waals surface area contributed by atoms with Gasteiger partial charge in [0.25, 0.3) is 0 Å². The molecular weight excluding hydrogens is 380 g/mol. The van der Waals surface area contributed by atoms with E-state index < -0.39 is 0 Å². The molecule has 4 aromatic rings. The zero-order valence-electron chi connectivity index (χ0n) is 16.0. The highest BCUT2D eigenvalue weighted by molar-refractivity contribution is 7.17. The van der Waals surface area contributed by atoms with E-state index >= 15 is 0 Å². The van der Waals surface area contributed by atoms with Gasteiger partial charge in [0.2, 0.25) is 0 Å². The summed E-state index contributed by atoms with van der Waals surface area (Å²) < 4.78 is 6.53. The third-order valence-corrected chi connectivity index (χ3v) is 6.14.